The van der Waals surface area contributed by atoms with Crippen LogP contribution in [0.5, 0.6) is 5.75 Å². The minimum absolute atomic E-state index is 0.0275. The number of nitrogens with two attached hydrogens (primary N) is 1. The second-order valence-corrected chi connectivity index (χ2v) is 6.14. The van der Waals surface area contributed by atoms with Crippen LogP contribution in [-0.4, -0.2) is 5.11 Å². The Bertz CT molecular complexity index is 1150. The Balaban J connectivity index is 2.10. The highest BCUT2D eigenvalue weighted by molar-refractivity contribution is 6.11. The topological polar surface area (TPSA) is 46.2 Å². The zero-order valence-corrected chi connectivity index (χ0v) is 13.5. The van der Waals surface area contributed by atoms with Crippen molar-refractivity contribution in [3.05, 3.63) is 72.3 Å². The van der Waals surface area contributed by atoms with Crippen LogP contribution in [0.25, 0.3) is 32.7 Å². The van der Waals surface area contributed by atoms with Crippen LogP contribution < -0.4 is 5.73 Å². The minimum Gasteiger partial charge on any atom is -0.507 e. The molecule has 0 aromatic heterocycles. The number of hydrogen-bond acceptors (Lipinski definition) is 2. The molecule has 26 heavy (non-hydrogen) atoms. The number of phenols is 1. The van der Waals surface area contributed by atoms with Gasteiger partial charge in [-0.15, -0.1) is 0 Å². The van der Waals surface area contributed by atoms with E-state index in [1.165, 1.54) is 18.2 Å². The number of anilines is 1. The molecular formula is C21H14F3NO. The summed E-state index contributed by atoms with van der Waals surface area (Å²) in [6.07, 6.45) is -4.43. The first-order valence-corrected chi connectivity index (χ1v) is 7.97. The fourth-order valence-corrected chi connectivity index (χ4v) is 3.32. The maximum absolute atomic E-state index is 13.0. The van der Waals surface area contributed by atoms with Gasteiger partial charge in [0.05, 0.1) is 5.56 Å². The molecule has 5 heteroatoms. The number of halogens is 3. The van der Waals surface area contributed by atoms with Gasteiger partial charge in [-0.2, -0.15) is 13.2 Å². The maximum Gasteiger partial charge on any atom is 0.416 e. The molecular weight excluding hydrogens is 339 g/mol. The summed E-state index contributed by atoms with van der Waals surface area (Å²) < 4.78 is 39.1. The Morgan fingerprint density at radius 3 is 2.19 bits per heavy atom. The van der Waals surface area contributed by atoms with E-state index < -0.39 is 11.7 Å². The van der Waals surface area contributed by atoms with E-state index in [1.54, 1.807) is 6.07 Å². The summed E-state index contributed by atoms with van der Waals surface area (Å²) in [5, 5.41) is 13.2. The third-order valence-corrected chi connectivity index (χ3v) is 4.54. The Labute approximate surface area is 147 Å². The number of alkyl halides is 3. The predicted octanol–water partition coefficient (Wildman–Crippen LogP) is 5.97. The molecule has 4 aromatic carbocycles. The lowest BCUT2D eigenvalue weighted by Crippen LogP contribution is -2.04. The maximum atomic E-state index is 13.0. The molecule has 0 saturated heterocycles. The number of nitrogen functional groups attached to an aromatic ring is 1. The summed E-state index contributed by atoms with van der Waals surface area (Å²) in [5.74, 6) is -0.0275. The van der Waals surface area contributed by atoms with Gasteiger partial charge < -0.3 is 10.8 Å². The zero-order chi connectivity index (χ0) is 18.5. The molecule has 2 nitrogen and oxygen atoms in total. The van der Waals surface area contributed by atoms with Crippen molar-refractivity contribution in [2.45, 2.75) is 6.18 Å². The van der Waals surface area contributed by atoms with E-state index >= 15 is 0 Å². The lowest BCUT2D eigenvalue weighted by Gasteiger charge is -2.16. The molecule has 0 heterocycles. The molecule has 0 unspecified atom stereocenters. The van der Waals surface area contributed by atoms with Crippen molar-refractivity contribution in [1.82, 2.24) is 0 Å². The molecule has 4 aromatic rings. The van der Waals surface area contributed by atoms with Crippen molar-refractivity contribution < 1.29 is 18.3 Å². The highest BCUT2D eigenvalue weighted by Gasteiger charge is 2.30. The molecule has 0 saturated carbocycles. The van der Waals surface area contributed by atoms with Gasteiger partial charge in [-0.05, 0) is 45.8 Å². The SMILES string of the molecule is Nc1ccc2ccccc2c1-c1c(O)ccc2cc(C(F)(F)F)ccc12. The molecule has 130 valence electrons. The first-order chi connectivity index (χ1) is 12.4. The molecule has 3 N–H and O–H groups in total. The Morgan fingerprint density at radius 2 is 1.42 bits per heavy atom. The van der Waals surface area contributed by atoms with E-state index in [1.807, 2.05) is 30.3 Å². The Kier molecular flexibility index (Phi) is 3.54. The second kappa shape index (κ2) is 5.66. The fourth-order valence-electron chi connectivity index (χ4n) is 3.32. The highest BCUT2D eigenvalue weighted by Crippen LogP contribution is 2.44. The van der Waals surface area contributed by atoms with E-state index in [4.69, 9.17) is 5.73 Å². The van der Waals surface area contributed by atoms with Crippen LogP contribution in [0.1, 0.15) is 5.56 Å². The van der Waals surface area contributed by atoms with Gasteiger partial charge in [0.15, 0.2) is 0 Å². The van der Waals surface area contributed by atoms with Crippen LogP contribution in [-0.2, 0) is 6.18 Å². The standard InChI is InChI=1S/C21H14F3NO/c22-21(23,24)14-7-8-16-13(11-14)6-10-18(26)20(16)19-15-4-2-1-3-12(15)5-9-17(19)25/h1-11,26H,25H2. The third kappa shape index (κ3) is 2.52. The first kappa shape index (κ1) is 16.3. The van der Waals surface area contributed by atoms with Crippen molar-refractivity contribution >= 4 is 27.2 Å². The highest BCUT2D eigenvalue weighted by atomic mass is 19.4. The summed E-state index contributed by atoms with van der Waals surface area (Å²) in [5.41, 5.74) is 6.96. The second-order valence-electron chi connectivity index (χ2n) is 6.14. The zero-order valence-electron chi connectivity index (χ0n) is 13.5. The number of phenolic OH excluding ortho intramolecular Hbond substituents is 1. The summed E-state index contributed by atoms with van der Waals surface area (Å²) in [6, 6.07) is 17.5. The fraction of sp³-hybridized carbons (Fsp3) is 0.0476. The molecule has 0 atom stereocenters. The van der Waals surface area contributed by atoms with Gasteiger partial charge in [-0.1, -0.05) is 42.5 Å². The Hall–Kier alpha value is -3.21. The van der Waals surface area contributed by atoms with Crippen LogP contribution in [0.2, 0.25) is 0 Å². The quantitative estimate of drug-likeness (QED) is 0.414. The minimum atomic E-state index is -4.43. The normalized spacial score (nSPS) is 12.0. The van der Waals surface area contributed by atoms with Crippen molar-refractivity contribution in [2.24, 2.45) is 0 Å². The van der Waals surface area contributed by atoms with Gasteiger partial charge in [0.25, 0.3) is 0 Å². The Morgan fingerprint density at radius 1 is 0.731 bits per heavy atom. The van der Waals surface area contributed by atoms with E-state index in [2.05, 4.69) is 0 Å². The van der Waals surface area contributed by atoms with Crippen molar-refractivity contribution in [3.63, 3.8) is 0 Å². The number of hydrogen-bond donors (Lipinski definition) is 2. The van der Waals surface area contributed by atoms with E-state index in [9.17, 15) is 18.3 Å². The van der Waals surface area contributed by atoms with Gasteiger partial charge in [-0.3, -0.25) is 0 Å². The molecule has 0 aliphatic heterocycles. The van der Waals surface area contributed by atoms with Crippen molar-refractivity contribution in [2.75, 3.05) is 5.73 Å². The van der Waals surface area contributed by atoms with E-state index in [0.29, 0.717) is 27.6 Å². The van der Waals surface area contributed by atoms with Crippen LogP contribution in [0, 0.1) is 0 Å². The van der Waals surface area contributed by atoms with Crippen LogP contribution in [0.4, 0.5) is 18.9 Å². The largest absolute Gasteiger partial charge is 0.507 e. The number of rotatable bonds is 1. The van der Waals surface area contributed by atoms with Crippen molar-refractivity contribution in [3.8, 4) is 16.9 Å². The summed E-state index contributed by atoms with van der Waals surface area (Å²) in [4.78, 5) is 0. The van der Waals surface area contributed by atoms with Gasteiger partial charge in [0.2, 0.25) is 0 Å². The summed E-state index contributed by atoms with van der Waals surface area (Å²) in [6.45, 7) is 0. The van der Waals surface area contributed by atoms with Gasteiger partial charge in [-0.25, -0.2) is 0 Å². The summed E-state index contributed by atoms with van der Waals surface area (Å²) >= 11 is 0. The van der Waals surface area contributed by atoms with E-state index in [-0.39, 0.29) is 5.75 Å². The average Bonchev–Trinajstić information content (AvgIpc) is 2.61. The first-order valence-electron chi connectivity index (χ1n) is 7.97. The van der Waals surface area contributed by atoms with Crippen LogP contribution >= 0.6 is 0 Å². The van der Waals surface area contributed by atoms with Crippen LogP contribution in [0.3, 0.4) is 0 Å². The molecule has 0 spiro atoms. The van der Waals surface area contributed by atoms with Gasteiger partial charge in [0, 0.05) is 16.8 Å². The summed E-state index contributed by atoms with van der Waals surface area (Å²) in [7, 11) is 0. The molecule has 0 radical (unpaired) electrons. The molecule has 0 aliphatic rings. The van der Waals surface area contributed by atoms with Crippen molar-refractivity contribution in [1.29, 1.82) is 0 Å². The lowest BCUT2D eigenvalue weighted by molar-refractivity contribution is -0.137. The number of benzene rings is 4. The van der Waals surface area contributed by atoms with E-state index in [0.717, 1.165) is 22.9 Å². The van der Waals surface area contributed by atoms with Gasteiger partial charge >= 0.3 is 6.18 Å². The molecule has 0 fully saturated rings. The molecule has 0 aliphatic carbocycles. The number of fused-ring (bicyclic) bond motifs is 2. The predicted molar refractivity (Wildman–Crippen MR) is 98.0 cm³/mol. The lowest BCUT2D eigenvalue weighted by atomic mass is 9.91. The third-order valence-electron chi connectivity index (χ3n) is 4.54. The molecule has 4 rings (SSSR count). The molecule has 0 bridgehead atoms. The average molecular weight is 353 g/mol. The van der Waals surface area contributed by atoms with Crippen LogP contribution in [0.15, 0.2) is 66.7 Å². The monoisotopic (exact) mass is 353 g/mol. The number of aromatic hydroxyl groups is 1. The van der Waals surface area contributed by atoms with Gasteiger partial charge in [0.1, 0.15) is 5.75 Å². The smallest absolute Gasteiger partial charge is 0.416 e. The molecule has 0 amide bonds.